The van der Waals surface area contributed by atoms with Crippen LogP contribution in [0.5, 0.6) is 0 Å². The number of nitrogens with one attached hydrogen (secondary N) is 2. The van der Waals surface area contributed by atoms with Crippen molar-refractivity contribution in [3.05, 3.63) is 91.0 Å². The molecule has 0 unspecified atom stereocenters. The van der Waals surface area contributed by atoms with Crippen molar-refractivity contribution in [2.45, 2.75) is 6.42 Å². The van der Waals surface area contributed by atoms with Crippen LogP contribution in [0.1, 0.15) is 5.56 Å². The van der Waals surface area contributed by atoms with E-state index in [0.717, 1.165) is 41.3 Å². The van der Waals surface area contributed by atoms with Gasteiger partial charge in [0.25, 0.3) is 0 Å². The third-order valence-electron chi connectivity index (χ3n) is 4.97. The normalized spacial score (nSPS) is 10.9. The molecule has 0 fully saturated rings. The van der Waals surface area contributed by atoms with Crippen LogP contribution in [0.4, 0.5) is 5.82 Å². The van der Waals surface area contributed by atoms with Gasteiger partial charge < -0.3 is 10.3 Å². The molecule has 0 aliphatic carbocycles. The number of benzene rings is 1. The summed E-state index contributed by atoms with van der Waals surface area (Å²) < 4.78 is 0. The summed E-state index contributed by atoms with van der Waals surface area (Å²) in [5.41, 5.74) is 4.96. The van der Waals surface area contributed by atoms with E-state index in [1.165, 1.54) is 10.9 Å². The van der Waals surface area contributed by atoms with E-state index in [-0.39, 0.29) is 0 Å². The average molecular weight is 392 g/mol. The summed E-state index contributed by atoms with van der Waals surface area (Å²) in [4.78, 5) is 21.3. The van der Waals surface area contributed by atoms with Crippen LogP contribution in [0.2, 0.25) is 0 Å². The summed E-state index contributed by atoms with van der Waals surface area (Å²) in [6.07, 6.45) is 8.23. The summed E-state index contributed by atoms with van der Waals surface area (Å²) in [5.74, 6) is 1.42. The Kier molecular flexibility index (Phi) is 4.88. The second kappa shape index (κ2) is 8.13. The molecule has 146 valence electrons. The SMILES string of the molecule is c1ccc(-c2cc(NCCc3c[nH]c4ccccc34)nc(-c3ccncc3)n2)nc1. The average Bonchev–Trinajstić information content (AvgIpc) is 3.23. The fourth-order valence-electron chi connectivity index (χ4n) is 3.48. The van der Waals surface area contributed by atoms with Crippen molar-refractivity contribution < 1.29 is 0 Å². The lowest BCUT2D eigenvalue weighted by Gasteiger charge is -2.10. The quantitative estimate of drug-likeness (QED) is 0.436. The first-order valence-corrected chi connectivity index (χ1v) is 9.86. The summed E-state index contributed by atoms with van der Waals surface area (Å²) in [6, 6.07) is 19.9. The number of pyridine rings is 2. The van der Waals surface area contributed by atoms with Crippen LogP contribution in [0.25, 0.3) is 33.7 Å². The summed E-state index contributed by atoms with van der Waals surface area (Å²) in [7, 11) is 0. The number of anilines is 1. The van der Waals surface area contributed by atoms with E-state index in [1.807, 2.05) is 42.5 Å². The van der Waals surface area contributed by atoms with Crippen molar-refractivity contribution in [2.75, 3.05) is 11.9 Å². The highest BCUT2D eigenvalue weighted by molar-refractivity contribution is 5.83. The van der Waals surface area contributed by atoms with E-state index in [9.17, 15) is 0 Å². The standard InChI is InChI=1S/C24H20N6/c1-2-6-20-19(5-1)18(16-28-20)10-14-27-23-15-22(21-7-3-4-11-26-21)29-24(30-23)17-8-12-25-13-9-17/h1-9,11-13,15-16,28H,10,14H2,(H,27,29,30). The smallest absolute Gasteiger partial charge is 0.162 e. The van der Waals surface area contributed by atoms with Crippen LogP contribution >= 0.6 is 0 Å². The zero-order chi connectivity index (χ0) is 20.2. The van der Waals surface area contributed by atoms with Crippen LogP contribution in [0.15, 0.2) is 85.5 Å². The van der Waals surface area contributed by atoms with Gasteiger partial charge in [0.05, 0.1) is 11.4 Å². The number of rotatable bonds is 6. The van der Waals surface area contributed by atoms with Gasteiger partial charge in [0.2, 0.25) is 0 Å². The van der Waals surface area contributed by atoms with Crippen LogP contribution in [-0.2, 0) is 6.42 Å². The first kappa shape index (κ1) is 18.0. The number of hydrogen-bond donors (Lipinski definition) is 2. The third kappa shape index (κ3) is 3.75. The molecule has 2 N–H and O–H groups in total. The number of fused-ring (bicyclic) bond motifs is 1. The molecule has 0 saturated carbocycles. The Bertz CT molecular complexity index is 1210. The van der Waals surface area contributed by atoms with Crippen molar-refractivity contribution in [3.8, 4) is 22.8 Å². The molecule has 0 radical (unpaired) electrons. The monoisotopic (exact) mass is 392 g/mol. The van der Waals surface area contributed by atoms with Crippen LogP contribution in [0, 0.1) is 0 Å². The summed E-state index contributed by atoms with van der Waals surface area (Å²) in [6.45, 7) is 0.760. The number of hydrogen-bond acceptors (Lipinski definition) is 5. The molecule has 0 aliphatic rings. The van der Waals surface area contributed by atoms with Gasteiger partial charge in [0.1, 0.15) is 5.82 Å². The molecule has 0 atom stereocenters. The van der Waals surface area contributed by atoms with Crippen molar-refractivity contribution in [1.29, 1.82) is 0 Å². The van der Waals surface area contributed by atoms with Crippen LogP contribution in [-0.4, -0.2) is 31.5 Å². The van der Waals surface area contributed by atoms with Gasteiger partial charge in [-0.15, -0.1) is 0 Å². The maximum Gasteiger partial charge on any atom is 0.162 e. The van der Waals surface area contributed by atoms with E-state index < -0.39 is 0 Å². The molecule has 0 spiro atoms. The highest BCUT2D eigenvalue weighted by Gasteiger charge is 2.10. The molecule has 1 aromatic carbocycles. The fraction of sp³-hybridized carbons (Fsp3) is 0.0833. The largest absolute Gasteiger partial charge is 0.370 e. The molecular formula is C24H20N6. The minimum Gasteiger partial charge on any atom is -0.370 e. The molecular weight excluding hydrogens is 372 g/mol. The molecule has 4 heterocycles. The van der Waals surface area contributed by atoms with E-state index in [1.54, 1.807) is 18.6 Å². The molecule has 0 bridgehead atoms. The highest BCUT2D eigenvalue weighted by atomic mass is 15.0. The molecule has 5 rings (SSSR count). The van der Waals surface area contributed by atoms with Crippen LogP contribution < -0.4 is 5.32 Å². The number of para-hydroxylation sites is 1. The van der Waals surface area contributed by atoms with Crippen molar-refractivity contribution in [3.63, 3.8) is 0 Å². The van der Waals surface area contributed by atoms with Gasteiger partial charge in [-0.1, -0.05) is 24.3 Å². The Hall–Kier alpha value is -4.06. The Morgan fingerprint density at radius 3 is 2.57 bits per heavy atom. The Morgan fingerprint density at radius 1 is 0.833 bits per heavy atom. The first-order chi connectivity index (χ1) is 14.9. The highest BCUT2D eigenvalue weighted by Crippen LogP contribution is 2.23. The van der Waals surface area contributed by atoms with E-state index in [0.29, 0.717) is 5.82 Å². The van der Waals surface area contributed by atoms with Crippen molar-refractivity contribution >= 4 is 16.7 Å². The van der Waals surface area contributed by atoms with E-state index >= 15 is 0 Å². The lowest BCUT2D eigenvalue weighted by Crippen LogP contribution is -2.08. The topological polar surface area (TPSA) is 79.4 Å². The molecule has 5 aromatic rings. The second-order valence-electron chi connectivity index (χ2n) is 6.95. The molecule has 30 heavy (non-hydrogen) atoms. The lowest BCUT2D eigenvalue weighted by molar-refractivity contribution is 1.01. The molecule has 4 aromatic heterocycles. The second-order valence-corrected chi connectivity index (χ2v) is 6.95. The number of aromatic amines is 1. The van der Waals surface area contributed by atoms with Gasteiger partial charge in [-0.3, -0.25) is 9.97 Å². The summed E-state index contributed by atoms with van der Waals surface area (Å²) in [5, 5.41) is 4.72. The molecule has 6 heteroatoms. The zero-order valence-corrected chi connectivity index (χ0v) is 16.3. The van der Waals surface area contributed by atoms with Gasteiger partial charge in [-0.25, -0.2) is 9.97 Å². The van der Waals surface area contributed by atoms with Gasteiger partial charge in [0.15, 0.2) is 5.82 Å². The maximum absolute atomic E-state index is 4.73. The Morgan fingerprint density at radius 2 is 1.70 bits per heavy atom. The predicted octanol–water partition coefficient (Wildman–Crippen LogP) is 4.74. The molecule has 0 amide bonds. The van der Waals surface area contributed by atoms with Gasteiger partial charge in [0, 0.05) is 53.9 Å². The lowest BCUT2D eigenvalue weighted by atomic mass is 10.1. The minimum atomic E-state index is 0.648. The first-order valence-electron chi connectivity index (χ1n) is 9.86. The Balaban J connectivity index is 1.42. The summed E-state index contributed by atoms with van der Waals surface area (Å²) >= 11 is 0. The zero-order valence-electron chi connectivity index (χ0n) is 16.3. The van der Waals surface area contributed by atoms with Gasteiger partial charge >= 0.3 is 0 Å². The van der Waals surface area contributed by atoms with E-state index in [2.05, 4.69) is 44.7 Å². The predicted molar refractivity (Wildman–Crippen MR) is 119 cm³/mol. The number of H-pyrrole nitrogens is 1. The van der Waals surface area contributed by atoms with Gasteiger partial charge in [-0.2, -0.15) is 0 Å². The van der Waals surface area contributed by atoms with Crippen molar-refractivity contribution in [1.82, 2.24) is 24.9 Å². The molecule has 6 nitrogen and oxygen atoms in total. The molecule has 0 aliphatic heterocycles. The number of aromatic nitrogens is 5. The number of nitrogens with zero attached hydrogens (tertiary/aromatic N) is 4. The fourth-order valence-corrected chi connectivity index (χ4v) is 3.48. The van der Waals surface area contributed by atoms with Crippen LogP contribution in [0.3, 0.4) is 0 Å². The van der Waals surface area contributed by atoms with Crippen molar-refractivity contribution in [2.24, 2.45) is 0 Å². The maximum atomic E-state index is 4.73. The van der Waals surface area contributed by atoms with Gasteiger partial charge in [-0.05, 0) is 42.3 Å². The Labute approximate surface area is 174 Å². The molecule has 0 saturated heterocycles. The van der Waals surface area contributed by atoms with E-state index in [4.69, 9.17) is 9.97 Å². The third-order valence-corrected chi connectivity index (χ3v) is 4.97. The minimum absolute atomic E-state index is 0.648.